The predicted octanol–water partition coefficient (Wildman–Crippen LogP) is 2.01. The summed E-state index contributed by atoms with van der Waals surface area (Å²) in [7, 11) is 3.99. The molecule has 0 aromatic heterocycles. The normalized spacial score (nSPS) is 14.4. The Balaban J connectivity index is 3.87. The quantitative estimate of drug-likeness (QED) is 0.449. The first kappa shape index (κ1) is 10.5. The van der Waals surface area contributed by atoms with Crippen LogP contribution in [0, 0.1) is 5.92 Å². The van der Waals surface area contributed by atoms with E-state index >= 15 is 0 Å². The lowest BCUT2D eigenvalue weighted by Crippen LogP contribution is -2.15. The van der Waals surface area contributed by atoms with Gasteiger partial charge in [0.2, 0.25) is 0 Å². The van der Waals surface area contributed by atoms with Crippen LogP contribution in [0.2, 0.25) is 0 Å². The number of rotatable bonds is 4. The molecule has 0 aliphatic rings. The van der Waals surface area contributed by atoms with E-state index in [0.29, 0.717) is 12.0 Å². The van der Waals surface area contributed by atoms with E-state index in [1.54, 1.807) is 0 Å². The molecule has 0 spiro atoms. The van der Waals surface area contributed by atoms with Crippen molar-refractivity contribution < 1.29 is 0 Å². The third-order valence-corrected chi connectivity index (χ3v) is 1.68. The summed E-state index contributed by atoms with van der Waals surface area (Å²) in [5, 5.41) is 0. The summed E-state index contributed by atoms with van der Waals surface area (Å²) in [6.07, 6.45) is 3.02. The van der Waals surface area contributed by atoms with Crippen LogP contribution in [0.5, 0.6) is 0 Å². The lowest BCUT2D eigenvalue weighted by molar-refractivity contribution is 0.477. The van der Waals surface area contributed by atoms with Crippen LogP contribution in [-0.2, 0) is 0 Å². The average Bonchev–Trinajstić information content (AvgIpc) is 1.87. The van der Waals surface area contributed by atoms with Crippen LogP contribution in [0.1, 0.15) is 27.2 Å². The van der Waals surface area contributed by atoms with Crippen molar-refractivity contribution in [2.24, 2.45) is 10.9 Å². The molecule has 0 radical (unpaired) electrons. The molecule has 0 heterocycles. The molecule has 0 aromatic carbocycles. The van der Waals surface area contributed by atoms with E-state index in [4.69, 9.17) is 0 Å². The van der Waals surface area contributed by atoms with E-state index in [1.807, 2.05) is 25.3 Å². The van der Waals surface area contributed by atoms with Crippen LogP contribution >= 0.6 is 0 Å². The molecule has 0 aliphatic carbocycles. The Morgan fingerprint density at radius 1 is 1.36 bits per heavy atom. The van der Waals surface area contributed by atoms with Crippen LogP contribution in [0.4, 0.5) is 0 Å². The Labute approximate surface area is 70.3 Å². The lowest BCUT2D eigenvalue weighted by Gasteiger charge is -2.14. The zero-order valence-corrected chi connectivity index (χ0v) is 8.33. The Morgan fingerprint density at radius 3 is 2.18 bits per heavy atom. The number of nitrogens with zero attached hydrogens (tertiary/aromatic N) is 2. The number of aliphatic imine (C=N–C) groups is 1. The summed E-state index contributed by atoms with van der Waals surface area (Å²) < 4.78 is 0. The fourth-order valence-electron chi connectivity index (χ4n) is 0.968. The second kappa shape index (κ2) is 5.16. The van der Waals surface area contributed by atoms with Crippen molar-refractivity contribution in [1.29, 1.82) is 0 Å². The lowest BCUT2D eigenvalue weighted by atomic mass is 10.0. The van der Waals surface area contributed by atoms with Gasteiger partial charge in [0, 0.05) is 14.1 Å². The number of hydrogen-bond acceptors (Lipinski definition) is 1. The van der Waals surface area contributed by atoms with E-state index in [0.717, 1.165) is 6.42 Å². The van der Waals surface area contributed by atoms with Crippen LogP contribution in [0.3, 0.4) is 0 Å². The zero-order chi connectivity index (χ0) is 8.85. The minimum atomic E-state index is 0.484. The van der Waals surface area contributed by atoms with Crippen LogP contribution in [0.25, 0.3) is 0 Å². The Hall–Kier alpha value is -0.530. The van der Waals surface area contributed by atoms with Crippen LogP contribution < -0.4 is 0 Å². The highest BCUT2D eigenvalue weighted by molar-refractivity contribution is 5.54. The van der Waals surface area contributed by atoms with E-state index in [-0.39, 0.29) is 0 Å². The molecule has 0 saturated heterocycles. The van der Waals surface area contributed by atoms with Crippen molar-refractivity contribution in [2.75, 3.05) is 14.1 Å². The Morgan fingerprint density at radius 2 is 1.91 bits per heavy atom. The maximum atomic E-state index is 4.44. The van der Waals surface area contributed by atoms with Gasteiger partial charge in [-0.05, 0) is 12.3 Å². The van der Waals surface area contributed by atoms with E-state index in [1.165, 1.54) is 0 Å². The van der Waals surface area contributed by atoms with Crippen molar-refractivity contribution in [1.82, 2.24) is 4.90 Å². The molecule has 0 bridgehead atoms. The summed E-state index contributed by atoms with van der Waals surface area (Å²) in [5.74, 6) is 0.649. The molecule has 0 N–H and O–H groups in total. The van der Waals surface area contributed by atoms with Gasteiger partial charge in [-0.3, -0.25) is 4.99 Å². The summed E-state index contributed by atoms with van der Waals surface area (Å²) >= 11 is 0. The third-order valence-electron chi connectivity index (χ3n) is 1.68. The molecule has 2 nitrogen and oxygen atoms in total. The zero-order valence-electron chi connectivity index (χ0n) is 8.33. The molecule has 0 aromatic rings. The minimum Gasteiger partial charge on any atom is -0.369 e. The summed E-state index contributed by atoms with van der Waals surface area (Å²) in [6.45, 7) is 6.60. The highest BCUT2D eigenvalue weighted by atomic mass is 15.1. The molecular weight excluding hydrogens is 136 g/mol. The highest BCUT2D eigenvalue weighted by Crippen LogP contribution is 2.08. The van der Waals surface area contributed by atoms with E-state index in [9.17, 15) is 0 Å². The van der Waals surface area contributed by atoms with Crippen molar-refractivity contribution in [2.45, 2.75) is 33.2 Å². The standard InChI is InChI=1S/C9H20N2/c1-6-9(8(2)3)10-7-11(4)5/h7-9H,6H2,1-5H3/t9-/m1/s1. The molecule has 0 amide bonds. The molecule has 0 unspecified atom stereocenters. The van der Waals surface area contributed by atoms with Gasteiger partial charge in [0.15, 0.2) is 0 Å². The second-order valence-electron chi connectivity index (χ2n) is 3.45. The van der Waals surface area contributed by atoms with Crippen molar-refractivity contribution in [3.63, 3.8) is 0 Å². The highest BCUT2D eigenvalue weighted by Gasteiger charge is 2.06. The SMILES string of the molecule is CC[C@@H](N=CN(C)C)C(C)C. The van der Waals surface area contributed by atoms with Gasteiger partial charge < -0.3 is 4.90 Å². The van der Waals surface area contributed by atoms with Crippen LogP contribution in [-0.4, -0.2) is 31.4 Å². The summed E-state index contributed by atoms with van der Waals surface area (Å²) in [4.78, 5) is 6.42. The molecule has 0 saturated carbocycles. The summed E-state index contributed by atoms with van der Waals surface area (Å²) in [6, 6.07) is 0.484. The van der Waals surface area contributed by atoms with Gasteiger partial charge in [-0.15, -0.1) is 0 Å². The van der Waals surface area contributed by atoms with Crippen LogP contribution in [0.15, 0.2) is 4.99 Å². The van der Waals surface area contributed by atoms with E-state index < -0.39 is 0 Å². The predicted molar refractivity (Wildman–Crippen MR) is 51.1 cm³/mol. The van der Waals surface area contributed by atoms with Gasteiger partial charge in [0.1, 0.15) is 0 Å². The second-order valence-corrected chi connectivity index (χ2v) is 3.45. The average molecular weight is 156 g/mol. The molecule has 1 atom stereocenters. The Kier molecular flexibility index (Phi) is 4.92. The molecule has 2 heteroatoms. The van der Waals surface area contributed by atoms with E-state index in [2.05, 4.69) is 25.8 Å². The van der Waals surface area contributed by atoms with Crippen molar-refractivity contribution in [3.8, 4) is 0 Å². The fraction of sp³-hybridized carbons (Fsp3) is 0.889. The Bertz CT molecular complexity index is 117. The monoisotopic (exact) mass is 156 g/mol. The van der Waals surface area contributed by atoms with Gasteiger partial charge in [-0.25, -0.2) is 0 Å². The van der Waals surface area contributed by atoms with Crippen molar-refractivity contribution >= 4 is 6.34 Å². The molecule has 11 heavy (non-hydrogen) atoms. The fourth-order valence-corrected chi connectivity index (χ4v) is 0.968. The van der Waals surface area contributed by atoms with Gasteiger partial charge in [0.25, 0.3) is 0 Å². The molecule has 0 rings (SSSR count). The first-order chi connectivity index (χ1) is 5.07. The van der Waals surface area contributed by atoms with Gasteiger partial charge in [-0.2, -0.15) is 0 Å². The van der Waals surface area contributed by atoms with Gasteiger partial charge >= 0.3 is 0 Å². The van der Waals surface area contributed by atoms with Gasteiger partial charge in [-0.1, -0.05) is 20.8 Å². The first-order valence-electron chi connectivity index (χ1n) is 4.27. The number of hydrogen-bond donors (Lipinski definition) is 0. The van der Waals surface area contributed by atoms with Gasteiger partial charge in [0.05, 0.1) is 12.4 Å². The minimum absolute atomic E-state index is 0.484. The summed E-state index contributed by atoms with van der Waals surface area (Å²) in [5.41, 5.74) is 0. The molecule has 66 valence electrons. The van der Waals surface area contributed by atoms with Crippen molar-refractivity contribution in [3.05, 3.63) is 0 Å². The molecule has 0 aliphatic heterocycles. The molecular formula is C9H20N2. The third kappa shape index (κ3) is 4.82. The first-order valence-corrected chi connectivity index (χ1v) is 4.27. The largest absolute Gasteiger partial charge is 0.369 e. The maximum Gasteiger partial charge on any atom is 0.0848 e. The topological polar surface area (TPSA) is 15.6 Å². The maximum absolute atomic E-state index is 4.44. The smallest absolute Gasteiger partial charge is 0.0848 e. The molecule has 0 fully saturated rings.